The summed E-state index contributed by atoms with van der Waals surface area (Å²) in [5, 5.41) is 7.87. The van der Waals surface area contributed by atoms with Crippen LogP contribution in [0.3, 0.4) is 0 Å². The molecular formula is C24H25F3N4O4. The number of rotatable bonds is 6. The first-order valence-corrected chi connectivity index (χ1v) is 10.8. The van der Waals surface area contributed by atoms with Gasteiger partial charge in [-0.3, -0.25) is 4.90 Å². The predicted molar refractivity (Wildman–Crippen MR) is 124 cm³/mol. The Hall–Kier alpha value is -4.02. The van der Waals surface area contributed by atoms with Crippen LogP contribution in [0, 0.1) is 0 Å². The van der Waals surface area contributed by atoms with Gasteiger partial charge in [0.15, 0.2) is 0 Å². The van der Waals surface area contributed by atoms with Gasteiger partial charge in [-0.25, -0.2) is 14.4 Å². The third-order valence-electron chi connectivity index (χ3n) is 5.40. The van der Waals surface area contributed by atoms with E-state index in [1.54, 1.807) is 31.2 Å². The molecule has 3 N–H and O–H groups in total. The zero-order chi connectivity index (χ0) is 25.8. The van der Waals surface area contributed by atoms with E-state index in [-0.39, 0.29) is 17.3 Å². The molecule has 2 aromatic rings. The summed E-state index contributed by atoms with van der Waals surface area (Å²) in [5.74, 6) is -0.591. The second-order valence-electron chi connectivity index (χ2n) is 7.80. The number of carbonyl (C=O) groups is 3. The van der Waals surface area contributed by atoms with E-state index in [0.717, 1.165) is 24.3 Å². The third kappa shape index (κ3) is 5.92. The molecule has 3 rings (SSSR count). The van der Waals surface area contributed by atoms with E-state index in [2.05, 4.69) is 16.0 Å². The molecule has 0 fully saturated rings. The summed E-state index contributed by atoms with van der Waals surface area (Å²) in [6.07, 6.45) is -3.78. The van der Waals surface area contributed by atoms with Crippen molar-refractivity contribution >= 4 is 29.4 Å². The lowest BCUT2D eigenvalue weighted by atomic mass is 9.94. The van der Waals surface area contributed by atoms with E-state index in [1.165, 1.54) is 12.0 Å². The fourth-order valence-corrected chi connectivity index (χ4v) is 3.73. The fourth-order valence-electron chi connectivity index (χ4n) is 3.73. The van der Waals surface area contributed by atoms with Crippen molar-refractivity contribution in [3.05, 3.63) is 70.9 Å². The number of methoxy groups -OCH3 is 1. The van der Waals surface area contributed by atoms with Crippen LogP contribution in [0.15, 0.2) is 59.8 Å². The molecular weight excluding hydrogens is 465 g/mol. The molecule has 0 saturated heterocycles. The van der Waals surface area contributed by atoms with Crippen molar-refractivity contribution in [2.75, 3.05) is 24.3 Å². The number of alkyl halides is 3. The maximum Gasteiger partial charge on any atom is 0.416 e. The highest BCUT2D eigenvalue weighted by molar-refractivity contribution is 6.00. The minimum atomic E-state index is -4.47. The van der Waals surface area contributed by atoms with E-state index in [1.807, 2.05) is 6.92 Å². The van der Waals surface area contributed by atoms with Crippen LogP contribution in [-0.4, -0.2) is 36.6 Å². The minimum Gasteiger partial charge on any atom is -0.466 e. The summed E-state index contributed by atoms with van der Waals surface area (Å²) in [4.78, 5) is 39.1. The summed E-state index contributed by atoms with van der Waals surface area (Å²) >= 11 is 0. The number of esters is 1. The summed E-state index contributed by atoms with van der Waals surface area (Å²) in [7, 11) is 1.25. The second-order valence-corrected chi connectivity index (χ2v) is 7.80. The monoisotopic (exact) mass is 490 g/mol. The van der Waals surface area contributed by atoms with Crippen LogP contribution in [0.2, 0.25) is 0 Å². The van der Waals surface area contributed by atoms with Gasteiger partial charge in [0.05, 0.1) is 24.3 Å². The van der Waals surface area contributed by atoms with Crippen LogP contribution >= 0.6 is 0 Å². The molecule has 1 unspecified atom stereocenters. The van der Waals surface area contributed by atoms with Crippen molar-refractivity contribution in [2.24, 2.45) is 0 Å². The Balaban J connectivity index is 1.80. The van der Waals surface area contributed by atoms with Crippen molar-refractivity contribution in [3.63, 3.8) is 0 Å². The molecule has 1 atom stereocenters. The number of carbonyl (C=O) groups excluding carboxylic acids is 3. The van der Waals surface area contributed by atoms with Crippen LogP contribution in [-0.2, 0) is 15.7 Å². The quantitative estimate of drug-likeness (QED) is 0.480. The number of nitrogens with one attached hydrogen (secondary N) is 3. The summed E-state index contributed by atoms with van der Waals surface area (Å²) in [6.45, 7) is 4.01. The summed E-state index contributed by atoms with van der Waals surface area (Å²) in [5.41, 5.74) is 0.972. The van der Waals surface area contributed by atoms with E-state index in [9.17, 15) is 27.6 Å². The molecule has 2 aromatic carbocycles. The number of anilines is 2. The molecule has 1 aliphatic heterocycles. The lowest BCUT2D eigenvalue weighted by Crippen LogP contribution is -2.48. The van der Waals surface area contributed by atoms with Crippen LogP contribution in [0.25, 0.3) is 0 Å². The highest BCUT2D eigenvalue weighted by Crippen LogP contribution is 2.33. The minimum absolute atomic E-state index is 0.175. The van der Waals surface area contributed by atoms with Gasteiger partial charge < -0.3 is 20.7 Å². The van der Waals surface area contributed by atoms with Crippen molar-refractivity contribution < 1.29 is 32.3 Å². The van der Waals surface area contributed by atoms with Gasteiger partial charge in [0.25, 0.3) is 0 Å². The number of benzene rings is 2. The maximum absolute atomic E-state index is 12.7. The van der Waals surface area contributed by atoms with Gasteiger partial charge in [-0.05, 0) is 55.3 Å². The highest BCUT2D eigenvalue weighted by atomic mass is 19.4. The predicted octanol–water partition coefficient (Wildman–Crippen LogP) is 5.27. The Labute approximate surface area is 200 Å². The van der Waals surface area contributed by atoms with Crippen LogP contribution in [0.1, 0.15) is 37.4 Å². The average Bonchev–Trinajstić information content (AvgIpc) is 2.80. The van der Waals surface area contributed by atoms with Crippen molar-refractivity contribution in [2.45, 2.75) is 32.5 Å². The Morgan fingerprint density at radius 2 is 1.74 bits per heavy atom. The van der Waals surface area contributed by atoms with Crippen LogP contribution in [0.5, 0.6) is 0 Å². The maximum atomic E-state index is 12.7. The number of nitrogens with zero attached hydrogens (tertiary/aromatic N) is 1. The van der Waals surface area contributed by atoms with Crippen molar-refractivity contribution in [1.29, 1.82) is 0 Å². The molecule has 186 valence electrons. The zero-order valence-electron chi connectivity index (χ0n) is 19.3. The lowest BCUT2D eigenvalue weighted by Gasteiger charge is -2.35. The standard InChI is InChI=1S/C24H25F3N4O4/c1-4-12-31-14(2)19(21(32)35-3)20(30-23(31)34)15-6-5-7-18(13-15)29-22(33)28-17-10-8-16(9-11-17)24(25,26)27/h5-11,13,20H,4,12H2,1-3H3,(H,30,34)(H2,28,29,33). The largest absolute Gasteiger partial charge is 0.466 e. The van der Waals surface area contributed by atoms with E-state index in [4.69, 9.17) is 4.74 Å². The van der Waals surface area contributed by atoms with Gasteiger partial charge in [-0.2, -0.15) is 13.2 Å². The van der Waals surface area contributed by atoms with Crippen LogP contribution in [0.4, 0.5) is 34.1 Å². The Kier molecular flexibility index (Phi) is 7.68. The molecule has 8 nitrogen and oxygen atoms in total. The molecule has 4 amide bonds. The smallest absolute Gasteiger partial charge is 0.416 e. The molecule has 1 heterocycles. The number of hydrogen-bond acceptors (Lipinski definition) is 4. The number of allylic oxidation sites excluding steroid dienone is 1. The van der Waals surface area contributed by atoms with Crippen LogP contribution < -0.4 is 16.0 Å². The summed E-state index contributed by atoms with van der Waals surface area (Å²) < 4.78 is 43.1. The Morgan fingerprint density at radius 1 is 1.09 bits per heavy atom. The normalized spacial score (nSPS) is 16.0. The van der Waals surface area contributed by atoms with Crippen molar-refractivity contribution in [1.82, 2.24) is 10.2 Å². The molecule has 11 heteroatoms. The van der Waals surface area contributed by atoms with Gasteiger partial charge in [0, 0.05) is 23.6 Å². The van der Waals surface area contributed by atoms with Gasteiger partial charge >= 0.3 is 24.2 Å². The Morgan fingerprint density at radius 3 is 2.34 bits per heavy atom. The zero-order valence-corrected chi connectivity index (χ0v) is 19.3. The number of hydrogen-bond donors (Lipinski definition) is 3. The molecule has 0 radical (unpaired) electrons. The number of ether oxygens (including phenoxy) is 1. The average molecular weight is 490 g/mol. The lowest BCUT2D eigenvalue weighted by molar-refractivity contribution is -0.138. The van der Waals surface area contributed by atoms with Gasteiger partial charge in [-0.15, -0.1) is 0 Å². The molecule has 35 heavy (non-hydrogen) atoms. The SMILES string of the molecule is CCCN1C(=O)NC(c2cccc(NC(=O)Nc3ccc(C(F)(F)F)cc3)c2)C(C(=O)OC)=C1C. The molecule has 1 aliphatic rings. The Bertz CT molecular complexity index is 1150. The number of urea groups is 2. The first kappa shape index (κ1) is 25.6. The van der Waals surface area contributed by atoms with Crippen molar-refractivity contribution in [3.8, 4) is 0 Å². The first-order chi connectivity index (χ1) is 16.5. The van der Waals surface area contributed by atoms with Gasteiger partial charge in [0.1, 0.15) is 0 Å². The molecule has 0 bridgehead atoms. The molecule has 0 spiro atoms. The topological polar surface area (TPSA) is 99.8 Å². The van der Waals surface area contributed by atoms with Gasteiger partial charge in [0.2, 0.25) is 0 Å². The third-order valence-corrected chi connectivity index (χ3v) is 5.40. The second kappa shape index (κ2) is 10.5. The molecule has 0 aromatic heterocycles. The number of amides is 4. The van der Waals surface area contributed by atoms with E-state index in [0.29, 0.717) is 29.9 Å². The molecule has 0 saturated carbocycles. The highest BCUT2D eigenvalue weighted by Gasteiger charge is 2.36. The van der Waals surface area contributed by atoms with E-state index >= 15 is 0 Å². The summed E-state index contributed by atoms with van der Waals surface area (Å²) in [6, 6.07) is 8.70. The van der Waals surface area contributed by atoms with E-state index < -0.39 is 29.8 Å². The fraction of sp³-hybridized carbons (Fsp3) is 0.292. The first-order valence-electron chi connectivity index (χ1n) is 10.8. The molecule has 0 aliphatic carbocycles. The van der Waals surface area contributed by atoms with Gasteiger partial charge in [-0.1, -0.05) is 19.1 Å². The number of halogens is 3.